The van der Waals surface area contributed by atoms with Crippen molar-refractivity contribution in [2.45, 2.75) is 27.7 Å². The molecule has 0 aliphatic heterocycles. The average molecular weight is 180 g/mol. The molecule has 0 aromatic carbocycles. The summed E-state index contributed by atoms with van der Waals surface area (Å²) in [4.78, 5) is 1.35. The summed E-state index contributed by atoms with van der Waals surface area (Å²) < 4.78 is 0. The lowest BCUT2D eigenvalue weighted by molar-refractivity contribution is 0.547. The Kier molecular flexibility index (Phi) is 2.73. The summed E-state index contributed by atoms with van der Waals surface area (Å²) in [5.41, 5.74) is 1.64. The van der Waals surface area contributed by atoms with Crippen LogP contribution in [-0.4, -0.2) is 0 Å². The highest BCUT2D eigenvalue weighted by molar-refractivity contribution is 7.11. The highest BCUT2D eigenvalue weighted by Crippen LogP contribution is 2.20. The fourth-order valence-corrected chi connectivity index (χ4v) is 1.66. The van der Waals surface area contributed by atoms with Gasteiger partial charge >= 0.3 is 0 Å². The molecule has 0 spiro atoms. The van der Waals surface area contributed by atoms with Gasteiger partial charge in [-0.2, -0.15) is 0 Å². The van der Waals surface area contributed by atoms with Crippen molar-refractivity contribution in [1.29, 1.82) is 0 Å². The van der Waals surface area contributed by atoms with E-state index in [4.69, 9.17) is 0 Å². The van der Waals surface area contributed by atoms with Crippen LogP contribution in [0.3, 0.4) is 0 Å². The Bertz CT molecular complexity index is 273. The van der Waals surface area contributed by atoms with Crippen LogP contribution in [0, 0.1) is 12.3 Å². The molecule has 66 valence electrons. The minimum Gasteiger partial charge on any atom is -0.144 e. The maximum Gasteiger partial charge on any atom is 0.0270 e. The summed E-state index contributed by atoms with van der Waals surface area (Å²) >= 11 is 1.80. The zero-order valence-electron chi connectivity index (χ0n) is 8.22. The molecular formula is C11H16S. The highest BCUT2D eigenvalue weighted by Gasteiger charge is 2.03. The Morgan fingerprint density at radius 2 is 2.00 bits per heavy atom. The number of hydrogen-bond acceptors (Lipinski definition) is 1. The third-order valence-corrected chi connectivity index (χ3v) is 2.51. The fraction of sp³-hybridized carbons (Fsp3) is 0.455. The molecule has 0 fully saturated rings. The van der Waals surface area contributed by atoms with Gasteiger partial charge in [0.25, 0.3) is 0 Å². The predicted octanol–water partition coefficient (Wildman–Crippen LogP) is 4.12. The first-order chi connectivity index (χ1) is 5.47. The van der Waals surface area contributed by atoms with Gasteiger partial charge in [-0.3, -0.25) is 0 Å². The molecule has 0 saturated heterocycles. The molecule has 0 amide bonds. The first kappa shape index (κ1) is 9.53. The summed E-state index contributed by atoms with van der Waals surface area (Å²) in [6.45, 7) is 8.77. The molecule has 1 rings (SSSR count). The molecule has 0 atom stereocenters. The Labute approximate surface area is 78.9 Å². The Balaban J connectivity index is 2.70. The van der Waals surface area contributed by atoms with Crippen LogP contribution in [-0.2, 0) is 0 Å². The number of thiophene rings is 1. The summed E-state index contributed by atoms with van der Waals surface area (Å²) in [7, 11) is 0. The van der Waals surface area contributed by atoms with Crippen molar-refractivity contribution >= 4 is 17.4 Å². The van der Waals surface area contributed by atoms with E-state index in [0.717, 1.165) is 0 Å². The minimum absolute atomic E-state index is 0.290. The van der Waals surface area contributed by atoms with E-state index in [-0.39, 0.29) is 5.41 Å². The molecular weight excluding hydrogens is 164 g/mol. The van der Waals surface area contributed by atoms with Gasteiger partial charge in [0.15, 0.2) is 0 Å². The van der Waals surface area contributed by atoms with Gasteiger partial charge in [0.1, 0.15) is 0 Å². The second-order valence-electron chi connectivity index (χ2n) is 4.23. The van der Waals surface area contributed by atoms with Crippen LogP contribution in [0.5, 0.6) is 0 Å². The summed E-state index contributed by atoms with van der Waals surface area (Å²) in [6.07, 6.45) is 4.45. The molecule has 1 aromatic heterocycles. The van der Waals surface area contributed by atoms with Crippen molar-refractivity contribution in [3.8, 4) is 0 Å². The monoisotopic (exact) mass is 180 g/mol. The van der Waals surface area contributed by atoms with Gasteiger partial charge in [-0.1, -0.05) is 26.8 Å². The van der Waals surface area contributed by atoms with Crippen molar-refractivity contribution in [3.05, 3.63) is 28.0 Å². The maximum atomic E-state index is 2.25. The van der Waals surface area contributed by atoms with Gasteiger partial charge in [-0.25, -0.2) is 0 Å². The molecule has 1 aromatic rings. The van der Waals surface area contributed by atoms with E-state index >= 15 is 0 Å². The fourth-order valence-electron chi connectivity index (χ4n) is 0.873. The van der Waals surface area contributed by atoms with Crippen LogP contribution in [0.15, 0.2) is 17.5 Å². The van der Waals surface area contributed by atoms with E-state index in [1.54, 1.807) is 11.3 Å². The van der Waals surface area contributed by atoms with E-state index in [9.17, 15) is 0 Å². The van der Waals surface area contributed by atoms with Crippen molar-refractivity contribution in [3.63, 3.8) is 0 Å². The van der Waals surface area contributed by atoms with Crippen LogP contribution in [0.1, 0.15) is 31.2 Å². The lowest BCUT2D eigenvalue weighted by atomic mass is 9.96. The van der Waals surface area contributed by atoms with Gasteiger partial charge in [-0.15, -0.1) is 11.3 Å². The van der Waals surface area contributed by atoms with Crippen LogP contribution in [0.2, 0.25) is 0 Å². The molecule has 0 unspecified atom stereocenters. The van der Waals surface area contributed by atoms with Gasteiger partial charge in [-0.05, 0) is 35.4 Å². The smallest absolute Gasteiger partial charge is 0.0270 e. The number of allylic oxidation sites excluding steroid dienone is 1. The third kappa shape index (κ3) is 3.22. The van der Waals surface area contributed by atoms with Gasteiger partial charge in [0, 0.05) is 4.88 Å². The standard InChI is InChI=1S/C11H16S/c1-9-7-10(12-8-9)5-6-11(2,3)4/h5-8H,1-4H3/b6-5+. The van der Waals surface area contributed by atoms with E-state index in [2.05, 4.69) is 51.3 Å². The largest absolute Gasteiger partial charge is 0.144 e. The normalized spacial score (nSPS) is 12.7. The summed E-state index contributed by atoms with van der Waals surface area (Å²) in [6, 6.07) is 2.22. The molecule has 0 bridgehead atoms. The predicted molar refractivity (Wildman–Crippen MR) is 57.5 cm³/mol. The van der Waals surface area contributed by atoms with Crippen molar-refractivity contribution in [1.82, 2.24) is 0 Å². The highest BCUT2D eigenvalue weighted by atomic mass is 32.1. The van der Waals surface area contributed by atoms with Crippen LogP contribution in [0.4, 0.5) is 0 Å². The summed E-state index contributed by atoms with van der Waals surface area (Å²) in [5.74, 6) is 0. The zero-order chi connectivity index (χ0) is 9.19. The van der Waals surface area contributed by atoms with Crippen LogP contribution in [0.25, 0.3) is 6.08 Å². The Morgan fingerprint density at radius 1 is 1.33 bits per heavy atom. The lowest BCUT2D eigenvalue weighted by Gasteiger charge is -2.10. The maximum absolute atomic E-state index is 2.25. The topological polar surface area (TPSA) is 0 Å². The van der Waals surface area contributed by atoms with Gasteiger partial charge in [0.05, 0.1) is 0 Å². The minimum atomic E-state index is 0.290. The van der Waals surface area contributed by atoms with Crippen molar-refractivity contribution < 1.29 is 0 Å². The van der Waals surface area contributed by atoms with Crippen molar-refractivity contribution in [2.24, 2.45) is 5.41 Å². The number of rotatable bonds is 1. The van der Waals surface area contributed by atoms with Gasteiger partial charge in [0.2, 0.25) is 0 Å². The molecule has 0 aliphatic rings. The molecule has 1 heterocycles. The van der Waals surface area contributed by atoms with Crippen LogP contribution < -0.4 is 0 Å². The van der Waals surface area contributed by atoms with E-state index in [0.29, 0.717) is 0 Å². The molecule has 12 heavy (non-hydrogen) atoms. The molecule has 0 nitrogen and oxygen atoms in total. The third-order valence-electron chi connectivity index (χ3n) is 1.50. The lowest BCUT2D eigenvalue weighted by Crippen LogP contribution is -1.97. The molecule has 0 saturated carbocycles. The molecule has 0 N–H and O–H groups in total. The average Bonchev–Trinajstić information content (AvgIpc) is 2.30. The Hall–Kier alpha value is -0.560. The number of hydrogen-bond donors (Lipinski definition) is 0. The second-order valence-corrected chi connectivity index (χ2v) is 5.17. The molecule has 1 heteroatoms. The van der Waals surface area contributed by atoms with Gasteiger partial charge < -0.3 is 0 Å². The Morgan fingerprint density at radius 3 is 2.42 bits per heavy atom. The van der Waals surface area contributed by atoms with E-state index < -0.39 is 0 Å². The van der Waals surface area contributed by atoms with E-state index in [1.165, 1.54) is 10.4 Å². The SMILES string of the molecule is Cc1csc(/C=C/C(C)(C)C)c1. The number of aryl methyl sites for hydroxylation is 1. The molecule has 0 aliphatic carbocycles. The van der Waals surface area contributed by atoms with Crippen molar-refractivity contribution in [2.75, 3.05) is 0 Å². The second kappa shape index (κ2) is 3.44. The van der Waals surface area contributed by atoms with Crippen LogP contribution >= 0.6 is 11.3 Å². The summed E-state index contributed by atoms with van der Waals surface area (Å²) in [5, 5.41) is 2.18. The first-order valence-corrected chi connectivity index (χ1v) is 5.10. The molecule has 0 radical (unpaired) electrons. The van der Waals surface area contributed by atoms with E-state index in [1.807, 2.05) is 0 Å². The first-order valence-electron chi connectivity index (χ1n) is 4.22. The zero-order valence-corrected chi connectivity index (χ0v) is 9.03. The quantitative estimate of drug-likeness (QED) is 0.610.